The zero-order valence-electron chi connectivity index (χ0n) is 16.4. The third-order valence-electron chi connectivity index (χ3n) is 5.61. The average Bonchev–Trinajstić information content (AvgIpc) is 3.13. The lowest BCUT2D eigenvalue weighted by Gasteiger charge is -2.33. The number of hydrogen-bond acceptors (Lipinski definition) is 3. The van der Waals surface area contributed by atoms with Crippen LogP contribution < -0.4 is 5.32 Å². The average molecular weight is 373 g/mol. The van der Waals surface area contributed by atoms with Crippen molar-refractivity contribution in [2.24, 2.45) is 5.92 Å². The zero-order chi connectivity index (χ0) is 19.2. The molecule has 0 radical (unpaired) electrons. The Morgan fingerprint density at radius 2 is 1.81 bits per heavy atom. The van der Waals surface area contributed by atoms with E-state index in [0.29, 0.717) is 19.7 Å². The number of amides is 3. The Labute approximate surface area is 161 Å². The number of nitrogens with zero attached hydrogens (tertiary/aromatic N) is 2. The van der Waals surface area contributed by atoms with Crippen molar-refractivity contribution in [2.75, 3.05) is 27.2 Å². The van der Waals surface area contributed by atoms with E-state index >= 15 is 0 Å². The molecule has 1 aromatic carbocycles. The van der Waals surface area contributed by atoms with E-state index in [1.807, 2.05) is 23.1 Å². The van der Waals surface area contributed by atoms with Crippen molar-refractivity contribution in [1.29, 1.82) is 0 Å². The largest absolute Gasteiger partial charge is 0.371 e. The Morgan fingerprint density at radius 3 is 2.48 bits per heavy atom. The van der Waals surface area contributed by atoms with E-state index in [1.165, 1.54) is 0 Å². The fourth-order valence-corrected chi connectivity index (χ4v) is 3.98. The number of urea groups is 1. The number of hydrogen-bond donors (Lipinski definition) is 1. The summed E-state index contributed by atoms with van der Waals surface area (Å²) in [5, 5.41) is 3.22. The Bertz CT molecular complexity index is 627. The predicted molar refractivity (Wildman–Crippen MR) is 104 cm³/mol. The molecule has 2 aliphatic rings. The molecule has 27 heavy (non-hydrogen) atoms. The molecule has 1 saturated heterocycles. The van der Waals surface area contributed by atoms with E-state index < -0.39 is 0 Å². The lowest BCUT2D eigenvalue weighted by atomic mass is 9.95. The van der Waals surface area contributed by atoms with Gasteiger partial charge >= 0.3 is 6.03 Å². The van der Waals surface area contributed by atoms with Crippen LogP contribution in [0.15, 0.2) is 30.3 Å². The van der Waals surface area contributed by atoms with Gasteiger partial charge in [-0.3, -0.25) is 4.79 Å². The van der Waals surface area contributed by atoms with E-state index in [2.05, 4.69) is 17.4 Å². The SMILES string of the molecule is CN(C)C(=O)N1CCC(C(=O)N[C@@H]2CCC[C@H]2OCc2ccccc2)CC1. The minimum atomic E-state index is -0.00779. The zero-order valence-corrected chi connectivity index (χ0v) is 16.4. The van der Waals surface area contributed by atoms with Crippen LogP contribution in [0, 0.1) is 5.92 Å². The van der Waals surface area contributed by atoms with Crippen LogP contribution in [0.4, 0.5) is 4.79 Å². The molecule has 0 aromatic heterocycles. The van der Waals surface area contributed by atoms with Crippen molar-refractivity contribution in [2.45, 2.75) is 50.9 Å². The van der Waals surface area contributed by atoms with E-state index in [9.17, 15) is 9.59 Å². The molecule has 2 atom stereocenters. The molecule has 1 aromatic rings. The molecule has 1 aliphatic heterocycles. The van der Waals surface area contributed by atoms with Gasteiger partial charge in [-0.05, 0) is 37.7 Å². The summed E-state index contributed by atoms with van der Waals surface area (Å²) in [6.07, 6.45) is 4.60. The van der Waals surface area contributed by atoms with E-state index in [-0.39, 0.29) is 30.0 Å². The van der Waals surface area contributed by atoms with Crippen molar-refractivity contribution < 1.29 is 14.3 Å². The third-order valence-corrected chi connectivity index (χ3v) is 5.61. The Balaban J connectivity index is 1.45. The van der Waals surface area contributed by atoms with Crippen molar-refractivity contribution in [3.63, 3.8) is 0 Å². The van der Waals surface area contributed by atoms with Crippen LogP contribution >= 0.6 is 0 Å². The second-order valence-corrected chi connectivity index (χ2v) is 7.82. The summed E-state index contributed by atoms with van der Waals surface area (Å²) >= 11 is 0. The maximum Gasteiger partial charge on any atom is 0.319 e. The highest BCUT2D eigenvalue weighted by molar-refractivity contribution is 5.80. The predicted octanol–water partition coefficient (Wildman–Crippen LogP) is 2.63. The number of piperidine rings is 1. The fraction of sp³-hybridized carbons (Fsp3) is 0.619. The summed E-state index contributed by atoms with van der Waals surface area (Å²) in [5.74, 6) is 0.110. The molecule has 3 amide bonds. The normalized spacial score (nSPS) is 23.3. The molecule has 148 valence electrons. The van der Waals surface area contributed by atoms with Gasteiger partial charge in [0.2, 0.25) is 5.91 Å². The van der Waals surface area contributed by atoms with Gasteiger partial charge in [-0.15, -0.1) is 0 Å². The van der Waals surface area contributed by atoms with Crippen molar-refractivity contribution in [3.8, 4) is 0 Å². The quantitative estimate of drug-likeness (QED) is 0.863. The summed E-state index contributed by atoms with van der Waals surface area (Å²) in [5.41, 5.74) is 1.16. The van der Waals surface area contributed by atoms with Crippen molar-refractivity contribution in [1.82, 2.24) is 15.1 Å². The molecule has 0 spiro atoms. The molecule has 1 saturated carbocycles. The van der Waals surface area contributed by atoms with Crippen LogP contribution in [0.1, 0.15) is 37.7 Å². The summed E-state index contributed by atoms with van der Waals surface area (Å²) in [4.78, 5) is 28.1. The van der Waals surface area contributed by atoms with Gasteiger partial charge in [0.05, 0.1) is 18.8 Å². The number of nitrogens with one attached hydrogen (secondary N) is 1. The van der Waals surface area contributed by atoms with Crippen LogP contribution in [-0.4, -0.2) is 61.1 Å². The van der Waals surface area contributed by atoms with E-state index in [4.69, 9.17) is 4.74 Å². The number of ether oxygens (including phenoxy) is 1. The maximum absolute atomic E-state index is 12.7. The minimum Gasteiger partial charge on any atom is -0.371 e. The van der Waals surface area contributed by atoms with Gasteiger partial charge in [0.25, 0.3) is 0 Å². The molecule has 6 heteroatoms. The first kappa shape index (κ1) is 19.7. The molecule has 0 bridgehead atoms. The molecule has 2 fully saturated rings. The van der Waals surface area contributed by atoms with Gasteiger partial charge in [0, 0.05) is 33.1 Å². The number of benzene rings is 1. The Hall–Kier alpha value is -2.08. The Morgan fingerprint density at radius 1 is 1.11 bits per heavy atom. The van der Waals surface area contributed by atoms with Crippen LogP contribution in [-0.2, 0) is 16.1 Å². The Kier molecular flexibility index (Phi) is 6.72. The summed E-state index contributed by atoms with van der Waals surface area (Å²) in [7, 11) is 3.52. The highest BCUT2D eigenvalue weighted by atomic mass is 16.5. The van der Waals surface area contributed by atoms with Crippen molar-refractivity contribution >= 4 is 11.9 Å². The van der Waals surface area contributed by atoms with Crippen LogP contribution in [0.5, 0.6) is 0 Å². The summed E-state index contributed by atoms with van der Waals surface area (Å²) in [6, 6.07) is 10.3. The van der Waals surface area contributed by atoms with Crippen molar-refractivity contribution in [3.05, 3.63) is 35.9 Å². The van der Waals surface area contributed by atoms with Gasteiger partial charge < -0.3 is 19.9 Å². The fourth-order valence-electron chi connectivity index (χ4n) is 3.98. The lowest BCUT2D eigenvalue weighted by molar-refractivity contribution is -0.128. The molecular formula is C21H31N3O3. The second kappa shape index (κ2) is 9.22. The first-order valence-corrected chi connectivity index (χ1v) is 9.96. The van der Waals surface area contributed by atoms with Crippen LogP contribution in [0.2, 0.25) is 0 Å². The van der Waals surface area contributed by atoms with E-state index in [1.54, 1.807) is 19.0 Å². The van der Waals surface area contributed by atoms with Gasteiger partial charge in [-0.25, -0.2) is 4.79 Å². The highest BCUT2D eigenvalue weighted by Gasteiger charge is 2.33. The van der Waals surface area contributed by atoms with Crippen LogP contribution in [0.3, 0.4) is 0 Å². The van der Waals surface area contributed by atoms with Gasteiger partial charge in [-0.1, -0.05) is 30.3 Å². The summed E-state index contributed by atoms with van der Waals surface area (Å²) < 4.78 is 6.09. The molecule has 0 unspecified atom stereocenters. The maximum atomic E-state index is 12.7. The monoisotopic (exact) mass is 373 g/mol. The number of carbonyl (C=O) groups excluding carboxylic acids is 2. The van der Waals surface area contributed by atoms with Gasteiger partial charge in [0.15, 0.2) is 0 Å². The van der Waals surface area contributed by atoms with Gasteiger partial charge in [0.1, 0.15) is 0 Å². The first-order valence-electron chi connectivity index (χ1n) is 9.96. The minimum absolute atomic E-state index is 0.00779. The topological polar surface area (TPSA) is 61.9 Å². The highest BCUT2D eigenvalue weighted by Crippen LogP contribution is 2.25. The van der Waals surface area contributed by atoms with E-state index in [0.717, 1.165) is 37.7 Å². The smallest absolute Gasteiger partial charge is 0.319 e. The number of rotatable bonds is 5. The molecule has 1 N–H and O–H groups in total. The van der Waals surface area contributed by atoms with Crippen LogP contribution in [0.25, 0.3) is 0 Å². The number of carbonyl (C=O) groups is 2. The second-order valence-electron chi connectivity index (χ2n) is 7.82. The first-order chi connectivity index (χ1) is 13.0. The molecular weight excluding hydrogens is 342 g/mol. The summed E-state index contributed by atoms with van der Waals surface area (Å²) in [6.45, 7) is 1.88. The molecule has 1 heterocycles. The van der Waals surface area contributed by atoms with Gasteiger partial charge in [-0.2, -0.15) is 0 Å². The molecule has 3 rings (SSSR count). The number of likely N-dealkylation sites (tertiary alicyclic amines) is 1. The molecule has 6 nitrogen and oxygen atoms in total. The standard InChI is InChI=1S/C21H31N3O3/c1-23(2)21(26)24-13-11-17(12-14-24)20(25)22-18-9-6-10-19(18)27-15-16-7-4-3-5-8-16/h3-5,7-8,17-19H,6,9-15H2,1-2H3,(H,22,25)/t18-,19-/m1/s1. The molecule has 1 aliphatic carbocycles. The third kappa shape index (κ3) is 5.22. The lowest BCUT2D eigenvalue weighted by Crippen LogP contribution is -2.49.